The summed E-state index contributed by atoms with van der Waals surface area (Å²) in [5, 5.41) is 9.18. The average Bonchev–Trinajstić information content (AvgIpc) is 2.13. The van der Waals surface area contributed by atoms with Crippen LogP contribution in [0.4, 0.5) is 0 Å². The molecule has 0 bridgehead atoms. The van der Waals surface area contributed by atoms with Crippen molar-refractivity contribution in [1.29, 1.82) is 0 Å². The van der Waals surface area contributed by atoms with Gasteiger partial charge in [0.15, 0.2) is 0 Å². The highest BCUT2D eigenvalue weighted by Gasteiger charge is 2.50. The zero-order valence-corrected chi connectivity index (χ0v) is 7.68. The summed E-state index contributed by atoms with van der Waals surface area (Å²) in [7, 11) is 0. The molecule has 2 rings (SSSR count). The number of nitrogens with zero attached hydrogens (tertiary/aromatic N) is 1. The molecule has 0 atom stereocenters. The highest BCUT2D eigenvalue weighted by molar-refractivity contribution is 5.83. The second-order valence-corrected chi connectivity index (χ2v) is 3.79. The van der Waals surface area contributed by atoms with Gasteiger partial charge in [0.1, 0.15) is 0 Å². The first-order valence-corrected chi connectivity index (χ1v) is 4.55. The Hall–Kier alpha value is -1.42. The van der Waals surface area contributed by atoms with Gasteiger partial charge in [-0.15, -0.1) is 0 Å². The molecule has 0 saturated heterocycles. The van der Waals surface area contributed by atoms with Crippen molar-refractivity contribution in [2.75, 3.05) is 0 Å². The van der Waals surface area contributed by atoms with Gasteiger partial charge in [-0.2, -0.15) is 0 Å². The van der Waals surface area contributed by atoms with Crippen LogP contribution in [0.5, 0.6) is 0 Å². The molecule has 74 valence electrons. The van der Waals surface area contributed by atoms with Gasteiger partial charge < -0.3 is 10.8 Å². The van der Waals surface area contributed by atoms with Gasteiger partial charge in [0.25, 0.3) is 0 Å². The predicted molar refractivity (Wildman–Crippen MR) is 50.8 cm³/mol. The number of hydrogen-bond donors (Lipinski definition) is 2. The van der Waals surface area contributed by atoms with E-state index in [-0.39, 0.29) is 6.04 Å². The molecule has 4 nitrogen and oxygen atoms in total. The van der Waals surface area contributed by atoms with Crippen molar-refractivity contribution in [2.45, 2.75) is 24.3 Å². The van der Waals surface area contributed by atoms with Gasteiger partial charge in [0.05, 0.1) is 5.41 Å². The molecule has 1 aromatic heterocycles. The monoisotopic (exact) mass is 192 g/mol. The Morgan fingerprint density at radius 1 is 1.50 bits per heavy atom. The fraction of sp³-hybridized carbons (Fsp3) is 0.400. The summed E-state index contributed by atoms with van der Waals surface area (Å²) in [6.07, 6.45) is 4.27. The van der Waals surface area contributed by atoms with Gasteiger partial charge in [-0.25, -0.2) is 0 Å². The van der Waals surface area contributed by atoms with E-state index in [1.807, 2.05) is 0 Å². The smallest absolute Gasteiger partial charge is 0.314 e. The lowest BCUT2D eigenvalue weighted by Crippen LogP contribution is -2.54. The highest BCUT2D eigenvalue weighted by Crippen LogP contribution is 2.42. The van der Waals surface area contributed by atoms with Crippen LogP contribution in [0, 0.1) is 0 Å². The van der Waals surface area contributed by atoms with E-state index >= 15 is 0 Å². The van der Waals surface area contributed by atoms with Crippen molar-refractivity contribution in [3.05, 3.63) is 30.1 Å². The van der Waals surface area contributed by atoms with Crippen molar-refractivity contribution < 1.29 is 9.90 Å². The minimum Gasteiger partial charge on any atom is -0.481 e. The van der Waals surface area contributed by atoms with Crippen LogP contribution in [0.2, 0.25) is 0 Å². The molecule has 1 saturated carbocycles. The van der Waals surface area contributed by atoms with Crippen molar-refractivity contribution in [2.24, 2.45) is 5.73 Å². The first-order valence-electron chi connectivity index (χ1n) is 4.55. The lowest BCUT2D eigenvalue weighted by atomic mass is 9.62. The Morgan fingerprint density at radius 2 is 2.07 bits per heavy atom. The van der Waals surface area contributed by atoms with E-state index in [1.54, 1.807) is 24.5 Å². The van der Waals surface area contributed by atoms with Crippen LogP contribution in [0.1, 0.15) is 18.4 Å². The normalized spacial score (nSPS) is 30.8. The second-order valence-electron chi connectivity index (χ2n) is 3.79. The third-order valence-electron chi connectivity index (χ3n) is 2.86. The lowest BCUT2D eigenvalue weighted by molar-refractivity contribution is -0.148. The molecule has 0 aromatic carbocycles. The Labute approximate surface area is 81.8 Å². The number of aliphatic carboxylic acids is 1. The molecule has 0 unspecified atom stereocenters. The van der Waals surface area contributed by atoms with E-state index in [2.05, 4.69) is 4.98 Å². The van der Waals surface area contributed by atoms with Crippen LogP contribution >= 0.6 is 0 Å². The van der Waals surface area contributed by atoms with Gasteiger partial charge in [-0.3, -0.25) is 9.78 Å². The maximum Gasteiger partial charge on any atom is 0.314 e. The van der Waals surface area contributed by atoms with Crippen molar-refractivity contribution >= 4 is 5.97 Å². The fourth-order valence-corrected chi connectivity index (χ4v) is 2.04. The van der Waals surface area contributed by atoms with E-state index < -0.39 is 11.4 Å². The van der Waals surface area contributed by atoms with Gasteiger partial charge in [-0.05, 0) is 30.5 Å². The van der Waals surface area contributed by atoms with E-state index in [0.717, 1.165) is 5.56 Å². The number of carboxylic acids is 1. The second kappa shape index (κ2) is 3.06. The minimum absolute atomic E-state index is 0.0132. The number of carboxylic acid groups (broad SMARTS) is 1. The molecule has 0 spiro atoms. The predicted octanol–water partition coefficient (Wildman–Crippen LogP) is 0.525. The molecular weight excluding hydrogens is 180 g/mol. The van der Waals surface area contributed by atoms with Crippen LogP contribution in [0.3, 0.4) is 0 Å². The number of hydrogen-bond acceptors (Lipinski definition) is 3. The van der Waals surface area contributed by atoms with Crippen LogP contribution in [0.15, 0.2) is 24.5 Å². The average molecular weight is 192 g/mol. The summed E-state index contributed by atoms with van der Waals surface area (Å²) in [5.74, 6) is -0.787. The summed E-state index contributed by atoms with van der Waals surface area (Å²) in [6.45, 7) is 0. The minimum atomic E-state index is -0.787. The van der Waals surface area contributed by atoms with Gasteiger partial charge in [0, 0.05) is 18.4 Å². The van der Waals surface area contributed by atoms with Crippen LogP contribution in [-0.2, 0) is 10.2 Å². The maximum absolute atomic E-state index is 11.2. The van der Waals surface area contributed by atoms with Crippen LogP contribution < -0.4 is 5.73 Å². The number of rotatable bonds is 2. The van der Waals surface area contributed by atoms with E-state index in [4.69, 9.17) is 5.73 Å². The third-order valence-corrected chi connectivity index (χ3v) is 2.86. The standard InChI is InChI=1S/C10H12N2O2/c11-8-5-10(6-8,9(13)14)7-1-3-12-4-2-7/h1-4,8H,5-6,11H2,(H,13,14). The molecule has 1 aliphatic rings. The first kappa shape index (κ1) is 9.15. The molecule has 4 heteroatoms. The molecule has 1 fully saturated rings. The molecule has 1 aromatic rings. The van der Waals surface area contributed by atoms with Crippen molar-refractivity contribution in [1.82, 2.24) is 4.98 Å². The zero-order valence-electron chi connectivity index (χ0n) is 7.68. The van der Waals surface area contributed by atoms with E-state index in [1.165, 1.54) is 0 Å². The van der Waals surface area contributed by atoms with Gasteiger partial charge in [-0.1, -0.05) is 0 Å². The Morgan fingerprint density at radius 3 is 2.50 bits per heavy atom. The fourth-order valence-electron chi connectivity index (χ4n) is 2.04. The summed E-state index contributed by atoms with van der Waals surface area (Å²) in [6, 6.07) is 3.51. The van der Waals surface area contributed by atoms with Crippen LogP contribution in [-0.4, -0.2) is 22.1 Å². The molecule has 0 aliphatic heterocycles. The molecule has 3 N–H and O–H groups in total. The third kappa shape index (κ3) is 1.19. The summed E-state index contributed by atoms with van der Waals surface area (Å²) in [4.78, 5) is 15.0. The zero-order chi connectivity index (χ0) is 10.2. The van der Waals surface area contributed by atoms with Crippen molar-refractivity contribution in [3.8, 4) is 0 Å². The quantitative estimate of drug-likeness (QED) is 0.716. The van der Waals surface area contributed by atoms with Crippen molar-refractivity contribution in [3.63, 3.8) is 0 Å². The SMILES string of the molecule is NC1CC(C(=O)O)(c2ccncc2)C1. The molecule has 0 amide bonds. The molecule has 0 radical (unpaired) electrons. The largest absolute Gasteiger partial charge is 0.481 e. The first-order chi connectivity index (χ1) is 6.65. The Bertz CT molecular complexity index is 344. The van der Waals surface area contributed by atoms with Gasteiger partial charge in [0.2, 0.25) is 0 Å². The molecular formula is C10H12N2O2. The summed E-state index contributed by atoms with van der Waals surface area (Å²) < 4.78 is 0. The molecule has 14 heavy (non-hydrogen) atoms. The summed E-state index contributed by atoms with van der Waals surface area (Å²) >= 11 is 0. The number of carbonyl (C=O) groups is 1. The van der Waals surface area contributed by atoms with E-state index in [9.17, 15) is 9.90 Å². The maximum atomic E-state index is 11.2. The Kier molecular flexibility index (Phi) is 2.00. The number of nitrogens with two attached hydrogens (primary N) is 1. The number of aromatic nitrogens is 1. The lowest BCUT2D eigenvalue weighted by Gasteiger charge is -2.42. The Balaban J connectivity index is 2.34. The number of pyridine rings is 1. The van der Waals surface area contributed by atoms with Gasteiger partial charge >= 0.3 is 5.97 Å². The molecule has 1 heterocycles. The highest BCUT2D eigenvalue weighted by atomic mass is 16.4. The summed E-state index contributed by atoms with van der Waals surface area (Å²) in [5.41, 5.74) is 5.70. The van der Waals surface area contributed by atoms with E-state index in [0.29, 0.717) is 12.8 Å². The molecule has 1 aliphatic carbocycles. The van der Waals surface area contributed by atoms with Crippen LogP contribution in [0.25, 0.3) is 0 Å². The topological polar surface area (TPSA) is 76.2 Å².